The Morgan fingerprint density at radius 2 is 0.909 bits per heavy atom. The van der Waals surface area contributed by atoms with Crippen LogP contribution in [0, 0.1) is 13.8 Å². The van der Waals surface area contributed by atoms with Gasteiger partial charge < -0.3 is 0 Å². The van der Waals surface area contributed by atoms with Gasteiger partial charge in [-0.25, -0.2) is 0 Å². The molecule has 0 heteroatoms. The molecule has 0 radical (unpaired) electrons. The minimum atomic E-state index is 1.35. The molecule has 0 saturated carbocycles. The number of fused-ring (bicyclic) bond motifs is 6. The summed E-state index contributed by atoms with van der Waals surface area (Å²) in [6.07, 6.45) is 0. The van der Waals surface area contributed by atoms with E-state index in [1.807, 2.05) is 13.8 Å². The second kappa shape index (κ2) is 5.81. The number of benzene rings is 4. The quantitative estimate of drug-likeness (QED) is 0.312. The van der Waals surface area contributed by atoms with Gasteiger partial charge in [0.25, 0.3) is 0 Å². The number of aryl methyl sites for hydroxylation is 2. The Labute approximate surface area is 132 Å². The summed E-state index contributed by atoms with van der Waals surface area (Å²) in [5.41, 5.74) is 2.75. The van der Waals surface area contributed by atoms with Crippen LogP contribution in [0.5, 0.6) is 0 Å². The molecule has 110 valence electrons. The average Bonchev–Trinajstić information content (AvgIpc) is 2.59. The van der Waals surface area contributed by atoms with E-state index in [9.17, 15) is 0 Å². The molecule has 0 amide bonds. The lowest BCUT2D eigenvalue weighted by Gasteiger charge is -2.13. The predicted molar refractivity (Wildman–Crippen MR) is 99.8 cm³/mol. The largest absolute Gasteiger partial charge is 0.0683 e. The molecule has 4 aromatic rings. The monoisotopic (exact) mass is 286 g/mol. The van der Waals surface area contributed by atoms with Gasteiger partial charge >= 0.3 is 0 Å². The van der Waals surface area contributed by atoms with E-state index in [2.05, 4.69) is 74.5 Å². The fourth-order valence-corrected chi connectivity index (χ4v) is 3.28. The topological polar surface area (TPSA) is 0 Å². The van der Waals surface area contributed by atoms with Gasteiger partial charge in [-0.15, -0.1) is 0 Å². The Hall–Kier alpha value is -2.34. The van der Waals surface area contributed by atoms with Crippen molar-refractivity contribution in [3.63, 3.8) is 0 Å². The van der Waals surface area contributed by atoms with Crippen molar-refractivity contribution in [2.24, 2.45) is 0 Å². The summed E-state index contributed by atoms with van der Waals surface area (Å²) in [7, 11) is 0. The van der Waals surface area contributed by atoms with Crippen molar-refractivity contribution in [3.05, 3.63) is 71.8 Å². The van der Waals surface area contributed by atoms with E-state index < -0.39 is 0 Å². The summed E-state index contributed by atoms with van der Waals surface area (Å²) in [4.78, 5) is 0. The maximum absolute atomic E-state index is 2.27. The van der Waals surface area contributed by atoms with Crippen LogP contribution in [0.1, 0.15) is 25.0 Å². The van der Waals surface area contributed by atoms with Crippen LogP contribution in [-0.4, -0.2) is 0 Å². The fourth-order valence-electron chi connectivity index (χ4n) is 3.28. The highest BCUT2D eigenvalue weighted by molar-refractivity contribution is 6.26. The third-order valence-corrected chi connectivity index (χ3v) is 4.44. The van der Waals surface area contributed by atoms with Crippen LogP contribution in [0.25, 0.3) is 32.3 Å². The maximum atomic E-state index is 2.27. The zero-order chi connectivity index (χ0) is 15.7. The lowest BCUT2D eigenvalue weighted by molar-refractivity contribution is 1.39. The Morgan fingerprint density at radius 1 is 0.500 bits per heavy atom. The average molecular weight is 286 g/mol. The highest BCUT2D eigenvalue weighted by Gasteiger charge is 2.10. The van der Waals surface area contributed by atoms with Crippen LogP contribution < -0.4 is 0 Å². The van der Waals surface area contributed by atoms with Gasteiger partial charge in [0.05, 0.1) is 0 Å². The second-order valence-electron chi connectivity index (χ2n) is 5.52. The van der Waals surface area contributed by atoms with Crippen molar-refractivity contribution in [2.45, 2.75) is 27.7 Å². The molecule has 0 heterocycles. The first kappa shape index (κ1) is 14.6. The smallest absolute Gasteiger partial charge is 0.00670 e. The van der Waals surface area contributed by atoms with Crippen LogP contribution in [0.3, 0.4) is 0 Å². The van der Waals surface area contributed by atoms with Crippen molar-refractivity contribution in [2.75, 3.05) is 0 Å². The zero-order valence-electron chi connectivity index (χ0n) is 13.8. The van der Waals surface area contributed by atoms with E-state index in [1.54, 1.807) is 0 Å². The van der Waals surface area contributed by atoms with Gasteiger partial charge in [-0.1, -0.05) is 74.5 Å². The lowest BCUT2D eigenvalue weighted by atomic mass is 9.90. The van der Waals surface area contributed by atoms with Gasteiger partial charge in [0, 0.05) is 0 Å². The number of hydrogen-bond donors (Lipinski definition) is 0. The molecule has 0 aromatic heterocycles. The van der Waals surface area contributed by atoms with E-state index in [0.29, 0.717) is 0 Å². The Bertz CT molecular complexity index is 926. The van der Waals surface area contributed by atoms with Crippen molar-refractivity contribution in [1.82, 2.24) is 0 Å². The molecule has 0 aliphatic rings. The standard InChI is InChI=1S/C20H16.C2H6/c1-13-11-12-19-17-9-4-3-7-15(17)16-8-5-6-10-18(16)20(19)14(13)2;1-2/h3-12H,1-2H3;1-2H3. The van der Waals surface area contributed by atoms with E-state index in [0.717, 1.165) is 0 Å². The molecule has 4 aromatic carbocycles. The molecule has 0 aliphatic heterocycles. The second-order valence-corrected chi connectivity index (χ2v) is 5.52. The SMILES string of the molecule is CC.Cc1ccc2c3ccccc3c3ccccc3c2c1C. The Morgan fingerprint density at radius 3 is 1.45 bits per heavy atom. The third kappa shape index (κ3) is 2.07. The highest BCUT2D eigenvalue weighted by atomic mass is 14.1. The Balaban J connectivity index is 0.000000693. The molecule has 0 fully saturated rings. The van der Waals surface area contributed by atoms with Crippen LogP contribution in [0.4, 0.5) is 0 Å². The summed E-state index contributed by atoms with van der Waals surface area (Å²) in [6.45, 7) is 8.43. The van der Waals surface area contributed by atoms with Crippen LogP contribution in [0.15, 0.2) is 60.7 Å². The van der Waals surface area contributed by atoms with E-state index in [1.165, 1.54) is 43.4 Å². The van der Waals surface area contributed by atoms with Crippen LogP contribution in [0.2, 0.25) is 0 Å². The van der Waals surface area contributed by atoms with Gasteiger partial charge in [-0.3, -0.25) is 0 Å². The number of hydrogen-bond acceptors (Lipinski definition) is 0. The van der Waals surface area contributed by atoms with E-state index in [-0.39, 0.29) is 0 Å². The van der Waals surface area contributed by atoms with Gasteiger partial charge in [0.2, 0.25) is 0 Å². The van der Waals surface area contributed by atoms with Gasteiger partial charge in [-0.05, 0) is 57.3 Å². The molecular formula is C22H22. The maximum Gasteiger partial charge on any atom is -0.00670 e. The summed E-state index contributed by atoms with van der Waals surface area (Å²) in [6, 6.07) is 22.0. The van der Waals surface area contributed by atoms with Crippen LogP contribution >= 0.6 is 0 Å². The molecule has 4 rings (SSSR count). The van der Waals surface area contributed by atoms with E-state index >= 15 is 0 Å². The van der Waals surface area contributed by atoms with Crippen molar-refractivity contribution < 1.29 is 0 Å². The van der Waals surface area contributed by atoms with Gasteiger partial charge in [0.1, 0.15) is 0 Å². The molecular weight excluding hydrogens is 264 g/mol. The van der Waals surface area contributed by atoms with Gasteiger partial charge in [0.15, 0.2) is 0 Å². The molecule has 0 spiro atoms. The Kier molecular flexibility index (Phi) is 3.85. The van der Waals surface area contributed by atoms with Crippen LogP contribution in [-0.2, 0) is 0 Å². The first-order chi connectivity index (χ1) is 10.8. The molecule has 0 atom stereocenters. The van der Waals surface area contributed by atoms with Crippen molar-refractivity contribution in [1.29, 1.82) is 0 Å². The molecule has 0 unspecified atom stereocenters. The summed E-state index contributed by atoms with van der Waals surface area (Å²) < 4.78 is 0. The number of rotatable bonds is 0. The predicted octanol–water partition coefficient (Wildman–Crippen LogP) is 6.79. The minimum Gasteiger partial charge on any atom is -0.0683 e. The highest BCUT2D eigenvalue weighted by Crippen LogP contribution is 2.37. The molecule has 0 saturated heterocycles. The summed E-state index contributed by atoms with van der Waals surface area (Å²) >= 11 is 0. The normalized spacial score (nSPS) is 10.7. The summed E-state index contributed by atoms with van der Waals surface area (Å²) in [5.74, 6) is 0. The lowest BCUT2D eigenvalue weighted by Crippen LogP contribution is -1.88. The van der Waals surface area contributed by atoms with E-state index in [4.69, 9.17) is 0 Å². The fraction of sp³-hybridized carbons (Fsp3) is 0.182. The summed E-state index contributed by atoms with van der Waals surface area (Å²) in [5, 5.41) is 8.18. The molecule has 22 heavy (non-hydrogen) atoms. The third-order valence-electron chi connectivity index (χ3n) is 4.44. The molecule has 0 bridgehead atoms. The molecule has 0 aliphatic carbocycles. The van der Waals surface area contributed by atoms with Crippen molar-refractivity contribution >= 4 is 32.3 Å². The minimum absolute atomic E-state index is 1.35. The molecule has 0 N–H and O–H groups in total. The van der Waals surface area contributed by atoms with Gasteiger partial charge in [-0.2, -0.15) is 0 Å². The molecule has 0 nitrogen and oxygen atoms in total. The first-order valence-corrected chi connectivity index (χ1v) is 8.07. The first-order valence-electron chi connectivity index (χ1n) is 8.07. The van der Waals surface area contributed by atoms with Crippen molar-refractivity contribution in [3.8, 4) is 0 Å². The zero-order valence-corrected chi connectivity index (χ0v) is 13.8.